The maximum atomic E-state index is 4.94. The van der Waals surface area contributed by atoms with Crippen molar-refractivity contribution in [1.29, 1.82) is 0 Å². The van der Waals surface area contributed by atoms with E-state index >= 15 is 0 Å². The summed E-state index contributed by atoms with van der Waals surface area (Å²) in [5.41, 5.74) is 3.33. The molecule has 0 saturated carbocycles. The molecule has 0 aliphatic heterocycles. The molecule has 240 valence electrons. The van der Waals surface area contributed by atoms with Crippen molar-refractivity contribution in [1.82, 2.24) is 0 Å². The summed E-state index contributed by atoms with van der Waals surface area (Å²) in [6, 6.07) is 0. The van der Waals surface area contributed by atoms with Crippen LogP contribution in [0.2, 0.25) is 0 Å². The third-order valence-corrected chi connectivity index (χ3v) is 6.17. The zero-order valence-corrected chi connectivity index (χ0v) is 33.1. The van der Waals surface area contributed by atoms with Gasteiger partial charge < -0.3 is 4.74 Å². The van der Waals surface area contributed by atoms with Crippen molar-refractivity contribution >= 4 is 0 Å². The fourth-order valence-corrected chi connectivity index (χ4v) is 0. The van der Waals surface area contributed by atoms with Gasteiger partial charge in [-0.15, -0.1) is 0 Å². The summed E-state index contributed by atoms with van der Waals surface area (Å²) in [5, 5.41) is 0. The van der Waals surface area contributed by atoms with Crippen LogP contribution in [0.1, 0.15) is 193 Å². The smallest absolute Gasteiger partial charge is 0.0594 e. The van der Waals surface area contributed by atoms with Gasteiger partial charge in [0.15, 0.2) is 0 Å². The minimum atomic E-state index is 0.0417. The molecular weight excluding hydrogens is 460 g/mol. The quantitative estimate of drug-likeness (QED) is 0.293. The van der Waals surface area contributed by atoms with Gasteiger partial charge >= 0.3 is 0 Å². The SMILES string of the molecule is CC(C)(C)C.CC(C)(C)C.CC(C)(C)C(C)(C)C.CC(C)(C)C(C)(C)C.CCC(C)(C)C.COC(C)(C)C. The number of ether oxygens (including phenoxy) is 1. The first kappa shape index (κ1) is 50.8. The van der Waals surface area contributed by atoms with Crippen molar-refractivity contribution in [3.63, 3.8) is 0 Å². The van der Waals surface area contributed by atoms with Gasteiger partial charge in [-0.05, 0) is 58.7 Å². The van der Waals surface area contributed by atoms with E-state index in [4.69, 9.17) is 4.74 Å². The Balaban J connectivity index is -0.0000000817. The molecule has 0 amide bonds. The van der Waals surface area contributed by atoms with E-state index < -0.39 is 0 Å². The van der Waals surface area contributed by atoms with Crippen LogP contribution in [0.15, 0.2) is 0 Å². The average molecular weight is 547 g/mol. The van der Waals surface area contributed by atoms with Gasteiger partial charge in [0.2, 0.25) is 0 Å². The van der Waals surface area contributed by atoms with E-state index in [1.54, 1.807) is 7.11 Å². The Bertz CT molecular complexity index is 409. The summed E-state index contributed by atoms with van der Waals surface area (Å²) in [4.78, 5) is 0. The molecule has 1 nitrogen and oxygen atoms in total. The van der Waals surface area contributed by atoms with Gasteiger partial charge in [-0.3, -0.25) is 0 Å². The highest BCUT2D eigenvalue weighted by Crippen LogP contribution is 2.37. The van der Waals surface area contributed by atoms with Gasteiger partial charge in [0.25, 0.3) is 0 Å². The normalized spacial score (nSPS) is 12.9. The minimum Gasteiger partial charge on any atom is -0.379 e. The largest absolute Gasteiger partial charge is 0.379 e. The van der Waals surface area contributed by atoms with Crippen LogP contribution in [0.4, 0.5) is 0 Å². The fraction of sp³-hybridized carbons (Fsp3) is 1.00. The van der Waals surface area contributed by atoms with E-state index in [2.05, 4.69) is 166 Å². The summed E-state index contributed by atoms with van der Waals surface area (Å²) in [6.07, 6.45) is 1.27. The van der Waals surface area contributed by atoms with Crippen LogP contribution in [0, 0.1) is 37.9 Å². The molecule has 0 aliphatic carbocycles. The molecule has 38 heavy (non-hydrogen) atoms. The second-order valence-electron chi connectivity index (χ2n) is 20.2. The van der Waals surface area contributed by atoms with E-state index in [9.17, 15) is 0 Å². The molecule has 0 atom stereocenters. The van der Waals surface area contributed by atoms with Crippen LogP contribution in [0.5, 0.6) is 0 Å². The lowest BCUT2D eigenvalue weighted by Gasteiger charge is -2.34. The molecule has 0 bridgehead atoms. The van der Waals surface area contributed by atoms with E-state index in [1.165, 1.54) is 6.42 Å². The summed E-state index contributed by atoms with van der Waals surface area (Å²) in [5.74, 6) is 0. The Kier molecular flexibility index (Phi) is 25.6. The second-order valence-corrected chi connectivity index (χ2v) is 20.2. The molecule has 0 saturated heterocycles. The predicted molar refractivity (Wildman–Crippen MR) is 185 cm³/mol. The number of hydrogen-bond acceptors (Lipinski definition) is 1. The van der Waals surface area contributed by atoms with E-state index in [-0.39, 0.29) is 5.60 Å². The van der Waals surface area contributed by atoms with Crippen LogP contribution in [-0.4, -0.2) is 12.7 Å². The lowest BCUT2D eigenvalue weighted by molar-refractivity contribution is 0.0397. The maximum absolute atomic E-state index is 4.94. The van der Waals surface area contributed by atoms with Gasteiger partial charge in [-0.25, -0.2) is 0 Å². The second kappa shape index (κ2) is 19.1. The van der Waals surface area contributed by atoms with E-state index in [0.717, 1.165) is 0 Å². The molecule has 0 fully saturated rings. The predicted octanol–water partition coefficient (Wildman–Crippen LogP) is 14.1. The van der Waals surface area contributed by atoms with Gasteiger partial charge in [0.1, 0.15) is 0 Å². The van der Waals surface area contributed by atoms with Crippen LogP contribution < -0.4 is 0 Å². The molecule has 0 heterocycles. The highest BCUT2D eigenvalue weighted by molar-refractivity contribution is 4.77. The minimum absolute atomic E-state index is 0.0417. The summed E-state index contributed by atoms with van der Waals surface area (Å²) in [6.45, 7) is 59.8. The topological polar surface area (TPSA) is 9.23 Å². The zero-order chi connectivity index (χ0) is 33.4. The van der Waals surface area contributed by atoms with Gasteiger partial charge in [0, 0.05) is 7.11 Å². The van der Waals surface area contributed by atoms with Gasteiger partial charge in [-0.1, -0.05) is 173 Å². The maximum Gasteiger partial charge on any atom is 0.0594 e. The number of hydrogen-bond donors (Lipinski definition) is 0. The zero-order valence-electron chi connectivity index (χ0n) is 33.1. The lowest BCUT2D eigenvalue weighted by Crippen LogP contribution is -2.25. The van der Waals surface area contributed by atoms with Crippen LogP contribution >= 0.6 is 0 Å². The highest BCUT2D eigenvalue weighted by Gasteiger charge is 2.27. The Labute approximate surface area is 248 Å². The molecule has 0 unspecified atom stereocenters. The van der Waals surface area contributed by atoms with Crippen molar-refractivity contribution in [2.45, 2.75) is 199 Å². The lowest BCUT2D eigenvalue weighted by atomic mass is 9.71. The van der Waals surface area contributed by atoms with Crippen LogP contribution in [0.3, 0.4) is 0 Å². The monoisotopic (exact) mass is 547 g/mol. The van der Waals surface area contributed by atoms with Gasteiger partial charge in [-0.2, -0.15) is 0 Å². The van der Waals surface area contributed by atoms with Crippen molar-refractivity contribution in [3.05, 3.63) is 0 Å². The first-order valence-corrected chi connectivity index (χ1v) is 15.2. The van der Waals surface area contributed by atoms with Gasteiger partial charge in [0.05, 0.1) is 5.60 Å². The summed E-state index contributed by atoms with van der Waals surface area (Å²) < 4.78 is 4.94. The molecule has 0 aromatic carbocycles. The van der Waals surface area contributed by atoms with Crippen LogP contribution in [-0.2, 0) is 4.74 Å². The van der Waals surface area contributed by atoms with Crippen LogP contribution in [0.25, 0.3) is 0 Å². The summed E-state index contributed by atoms with van der Waals surface area (Å²) >= 11 is 0. The third-order valence-electron chi connectivity index (χ3n) is 6.17. The van der Waals surface area contributed by atoms with E-state index in [0.29, 0.717) is 37.9 Å². The van der Waals surface area contributed by atoms with Crippen molar-refractivity contribution < 1.29 is 4.74 Å². The molecule has 0 aromatic heterocycles. The third kappa shape index (κ3) is 76.6. The molecule has 0 radical (unpaired) electrons. The average Bonchev–Trinajstić information content (AvgIpc) is 2.48. The molecular formula is C37H86O. The molecule has 0 N–H and O–H groups in total. The first-order valence-electron chi connectivity index (χ1n) is 15.2. The Hall–Kier alpha value is -0.0400. The van der Waals surface area contributed by atoms with Crippen molar-refractivity contribution in [2.24, 2.45) is 37.9 Å². The van der Waals surface area contributed by atoms with E-state index in [1.807, 2.05) is 20.8 Å². The molecule has 0 spiro atoms. The Morgan fingerprint density at radius 1 is 0.342 bits per heavy atom. The standard InChI is InChI=1S/2C8H18.C6H14.C5H12O.2C5H12/c2*1-7(2,3)8(4,5)6;1-5-6(2,3)4;1-5(2,3)6-4;2*1-5(2,3)4/h2*1-6H3;5H2,1-4H3;1-4H3;2*1-4H3. The Morgan fingerprint density at radius 2 is 0.421 bits per heavy atom. The molecule has 0 rings (SSSR count). The number of rotatable bonds is 0. The van der Waals surface area contributed by atoms with Crippen molar-refractivity contribution in [3.8, 4) is 0 Å². The summed E-state index contributed by atoms with van der Waals surface area (Å²) in [7, 11) is 1.71. The fourth-order valence-electron chi connectivity index (χ4n) is 0. The molecule has 1 heteroatoms. The molecule has 0 aliphatic rings. The first-order chi connectivity index (χ1) is 15.6. The number of methoxy groups -OCH3 is 1. The molecule has 0 aromatic rings. The highest BCUT2D eigenvalue weighted by atomic mass is 16.5. The Morgan fingerprint density at radius 3 is 0.421 bits per heavy atom. The van der Waals surface area contributed by atoms with Crippen molar-refractivity contribution in [2.75, 3.05) is 7.11 Å².